The minimum Gasteiger partial charge on any atom is -0.497 e. The first-order chi connectivity index (χ1) is 15.5. The van der Waals surface area contributed by atoms with Crippen molar-refractivity contribution in [1.82, 2.24) is 4.98 Å². The number of ketones is 1. The molecule has 2 aromatic carbocycles. The minimum atomic E-state index is -0.291. The Balaban J connectivity index is 1.56. The number of carbonyl (C=O) groups excluding carboxylic acids is 2. The second-order valence-electron chi connectivity index (χ2n) is 7.41. The molecule has 1 amide bonds. The van der Waals surface area contributed by atoms with Crippen LogP contribution in [0.3, 0.4) is 0 Å². The van der Waals surface area contributed by atoms with E-state index in [0.29, 0.717) is 50.6 Å². The average Bonchev–Trinajstić information content (AvgIpc) is 3.13. The number of carbonyl (C=O) groups is 2. The van der Waals surface area contributed by atoms with Crippen molar-refractivity contribution in [1.29, 1.82) is 0 Å². The first-order valence-electron chi connectivity index (χ1n) is 10.2. The number of thiophene rings is 1. The summed E-state index contributed by atoms with van der Waals surface area (Å²) in [4.78, 5) is 31.3. The second kappa shape index (κ2) is 9.20. The van der Waals surface area contributed by atoms with E-state index < -0.39 is 0 Å². The van der Waals surface area contributed by atoms with Crippen LogP contribution in [0.25, 0.3) is 10.2 Å². The van der Waals surface area contributed by atoms with Crippen LogP contribution in [-0.4, -0.2) is 23.8 Å². The lowest BCUT2D eigenvalue weighted by atomic mass is 10.0. The Morgan fingerprint density at radius 3 is 2.62 bits per heavy atom. The molecule has 0 saturated heterocycles. The zero-order valence-corrected chi connectivity index (χ0v) is 18.7. The lowest BCUT2D eigenvalue weighted by Gasteiger charge is -2.07. The van der Waals surface area contributed by atoms with E-state index in [0.717, 1.165) is 11.3 Å². The van der Waals surface area contributed by atoms with Gasteiger partial charge in [-0.05, 0) is 49.2 Å². The van der Waals surface area contributed by atoms with Gasteiger partial charge in [-0.3, -0.25) is 9.59 Å². The molecule has 0 spiro atoms. The van der Waals surface area contributed by atoms with E-state index in [1.807, 2.05) is 54.6 Å². The molecule has 0 saturated carbocycles. The molecule has 2 aromatic heterocycles. The number of aromatic nitrogens is 1. The molecule has 0 atom stereocenters. The predicted octanol–water partition coefficient (Wildman–Crippen LogP) is 5.26. The third-order valence-electron chi connectivity index (χ3n) is 5.22. The van der Waals surface area contributed by atoms with E-state index in [-0.39, 0.29) is 11.7 Å². The van der Waals surface area contributed by atoms with E-state index in [2.05, 4.69) is 10.3 Å². The number of nitrogens with two attached hydrogens (primary N) is 1. The monoisotopic (exact) mass is 445 g/mol. The summed E-state index contributed by atoms with van der Waals surface area (Å²) in [6.45, 7) is 1.80. The smallest absolute Gasteiger partial charge is 0.267 e. The lowest BCUT2D eigenvalue weighted by molar-refractivity contribution is 0.0980. The van der Waals surface area contributed by atoms with E-state index in [1.54, 1.807) is 20.1 Å². The highest BCUT2D eigenvalue weighted by Gasteiger charge is 2.20. The van der Waals surface area contributed by atoms with Gasteiger partial charge in [0.1, 0.15) is 15.5 Å². The quantitative estimate of drug-likeness (QED) is 0.378. The Kier molecular flexibility index (Phi) is 6.18. The maximum absolute atomic E-state index is 12.9. The molecule has 0 unspecified atom stereocenters. The van der Waals surface area contributed by atoms with Crippen LogP contribution in [0, 0.1) is 6.92 Å². The van der Waals surface area contributed by atoms with Gasteiger partial charge in [-0.2, -0.15) is 0 Å². The zero-order valence-electron chi connectivity index (χ0n) is 17.8. The Morgan fingerprint density at radius 2 is 1.88 bits per heavy atom. The number of nitrogen functional groups attached to an aromatic ring is 1. The van der Waals surface area contributed by atoms with Crippen molar-refractivity contribution >= 4 is 44.6 Å². The van der Waals surface area contributed by atoms with Crippen LogP contribution in [-0.2, 0) is 6.42 Å². The molecule has 6 nitrogen and oxygen atoms in total. The number of nitrogens with one attached hydrogen (secondary N) is 1. The number of Topliss-reactive ketones (excluding diaryl/α,β-unsaturated/α-hetero) is 1. The van der Waals surface area contributed by atoms with Crippen LogP contribution >= 0.6 is 11.3 Å². The number of amides is 1. The summed E-state index contributed by atoms with van der Waals surface area (Å²) in [6.07, 6.45) is 0.934. The highest BCUT2D eigenvalue weighted by atomic mass is 32.1. The average molecular weight is 446 g/mol. The van der Waals surface area contributed by atoms with Gasteiger partial charge in [-0.25, -0.2) is 4.98 Å². The van der Waals surface area contributed by atoms with Crippen LogP contribution in [0.2, 0.25) is 0 Å². The number of para-hydroxylation sites is 1. The maximum atomic E-state index is 12.9. The van der Waals surface area contributed by atoms with Crippen LogP contribution in [0.4, 0.5) is 11.4 Å². The topological polar surface area (TPSA) is 94.3 Å². The molecule has 4 rings (SSSR count). The summed E-state index contributed by atoms with van der Waals surface area (Å²) in [7, 11) is 1.62. The Morgan fingerprint density at radius 1 is 1.09 bits per heavy atom. The third kappa shape index (κ3) is 4.48. The van der Waals surface area contributed by atoms with Crippen molar-refractivity contribution in [3.8, 4) is 5.75 Å². The molecule has 3 N–H and O–H groups in total. The maximum Gasteiger partial charge on any atom is 0.267 e. The Hall–Kier alpha value is -3.71. The van der Waals surface area contributed by atoms with E-state index >= 15 is 0 Å². The molecule has 162 valence electrons. The van der Waals surface area contributed by atoms with Gasteiger partial charge in [0.05, 0.1) is 12.8 Å². The van der Waals surface area contributed by atoms with Crippen molar-refractivity contribution in [3.63, 3.8) is 0 Å². The third-order valence-corrected chi connectivity index (χ3v) is 6.34. The SMILES string of the molecule is COc1cccc(CCC(=O)c2cc3c(N)c(C(=O)Nc4ccccc4)sc3nc2C)c1. The number of rotatable bonds is 7. The molecule has 2 heterocycles. The predicted molar refractivity (Wildman–Crippen MR) is 129 cm³/mol. The van der Waals surface area contributed by atoms with Gasteiger partial charge in [-0.15, -0.1) is 11.3 Å². The molecule has 0 radical (unpaired) electrons. The highest BCUT2D eigenvalue weighted by Crippen LogP contribution is 2.34. The summed E-state index contributed by atoms with van der Waals surface area (Å²) < 4.78 is 5.25. The number of methoxy groups -OCH3 is 1. The highest BCUT2D eigenvalue weighted by molar-refractivity contribution is 7.21. The molecule has 0 bridgehead atoms. The minimum absolute atomic E-state index is 0.0133. The van der Waals surface area contributed by atoms with Gasteiger partial charge in [0, 0.05) is 28.8 Å². The van der Waals surface area contributed by atoms with Crippen molar-refractivity contribution in [2.75, 3.05) is 18.2 Å². The fourth-order valence-electron chi connectivity index (χ4n) is 3.51. The summed E-state index contributed by atoms with van der Waals surface area (Å²) >= 11 is 1.23. The van der Waals surface area contributed by atoms with Crippen molar-refractivity contribution < 1.29 is 14.3 Å². The van der Waals surface area contributed by atoms with Crippen LogP contribution in [0.1, 0.15) is 37.7 Å². The molecular formula is C25H23N3O3S. The van der Waals surface area contributed by atoms with Gasteiger partial charge in [0.2, 0.25) is 0 Å². The van der Waals surface area contributed by atoms with Gasteiger partial charge in [-0.1, -0.05) is 30.3 Å². The Labute approximate surface area is 190 Å². The molecular weight excluding hydrogens is 422 g/mol. The fourth-order valence-corrected chi connectivity index (χ4v) is 4.53. The van der Waals surface area contributed by atoms with Crippen molar-refractivity contribution in [2.24, 2.45) is 0 Å². The number of pyridine rings is 1. The van der Waals surface area contributed by atoms with Crippen LogP contribution in [0.5, 0.6) is 5.75 Å². The van der Waals surface area contributed by atoms with E-state index in [9.17, 15) is 9.59 Å². The fraction of sp³-hybridized carbons (Fsp3) is 0.160. The first kappa shape index (κ1) is 21.5. The number of fused-ring (bicyclic) bond motifs is 1. The molecule has 0 aliphatic heterocycles. The number of hydrogen-bond acceptors (Lipinski definition) is 6. The van der Waals surface area contributed by atoms with Crippen LogP contribution < -0.4 is 15.8 Å². The lowest BCUT2D eigenvalue weighted by Crippen LogP contribution is -2.11. The van der Waals surface area contributed by atoms with E-state index in [4.69, 9.17) is 10.5 Å². The summed E-state index contributed by atoms with van der Waals surface area (Å²) in [5.41, 5.74) is 9.51. The first-order valence-corrected chi connectivity index (χ1v) is 11.0. The van der Waals surface area contributed by atoms with Crippen molar-refractivity contribution in [3.05, 3.63) is 82.4 Å². The van der Waals surface area contributed by atoms with Gasteiger partial charge in [0.15, 0.2) is 5.78 Å². The molecule has 0 fully saturated rings. The summed E-state index contributed by atoms with van der Waals surface area (Å²) in [5, 5.41) is 3.47. The second-order valence-corrected chi connectivity index (χ2v) is 8.41. The Bertz CT molecular complexity index is 1300. The standard InChI is InChI=1S/C25H23N3O3S/c1-15-19(21(29)12-11-16-7-6-10-18(13-16)31-2)14-20-22(26)23(32-25(20)27-15)24(30)28-17-8-4-3-5-9-17/h3-10,13-14H,11-12,26H2,1-2H3,(H,28,30). The largest absolute Gasteiger partial charge is 0.497 e. The number of nitrogens with zero attached hydrogens (tertiary/aromatic N) is 1. The van der Waals surface area contributed by atoms with Crippen LogP contribution in [0.15, 0.2) is 60.7 Å². The number of hydrogen-bond donors (Lipinski definition) is 2. The molecule has 32 heavy (non-hydrogen) atoms. The van der Waals surface area contributed by atoms with E-state index in [1.165, 1.54) is 11.3 Å². The van der Waals surface area contributed by atoms with Gasteiger partial charge in [0.25, 0.3) is 5.91 Å². The van der Waals surface area contributed by atoms with Crippen molar-refractivity contribution in [2.45, 2.75) is 19.8 Å². The molecule has 7 heteroatoms. The molecule has 0 aliphatic carbocycles. The normalized spacial score (nSPS) is 10.8. The zero-order chi connectivity index (χ0) is 22.7. The molecule has 4 aromatic rings. The summed E-state index contributed by atoms with van der Waals surface area (Å²) in [5.74, 6) is 0.461. The number of aryl methyl sites for hydroxylation is 2. The molecule has 0 aliphatic rings. The van der Waals surface area contributed by atoms with Gasteiger partial charge < -0.3 is 15.8 Å². The van der Waals surface area contributed by atoms with Gasteiger partial charge >= 0.3 is 0 Å². The number of anilines is 2. The number of ether oxygens (including phenoxy) is 1. The number of benzene rings is 2. The summed E-state index contributed by atoms with van der Waals surface area (Å²) in [6, 6.07) is 18.6.